The van der Waals surface area contributed by atoms with E-state index in [0.717, 1.165) is 18.7 Å². The van der Waals surface area contributed by atoms with Gasteiger partial charge in [-0.15, -0.1) is 0 Å². The Hall–Kier alpha value is -1.71. The van der Waals surface area contributed by atoms with E-state index in [1.54, 1.807) is 18.2 Å². The molecule has 3 nitrogen and oxygen atoms in total. The van der Waals surface area contributed by atoms with E-state index in [0.29, 0.717) is 15.7 Å². The second kappa shape index (κ2) is 5.96. The van der Waals surface area contributed by atoms with Crippen molar-refractivity contribution >= 4 is 40.5 Å². The van der Waals surface area contributed by atoms with Crippen LogP contribution in [0.15, 0.2) is 42.5 Å². The average molecular weight is 321 g/mol. The number of hydrogen-bond donors (Lipinski definition) is 1. The van der Waals surface area contributed by atoms with Crippen LogP contribution in [-0.2, 0) is 11.2 Å². The van der Waals surface area contributed by atoms with Gasteiger partial charge in [-0.1, -0.05) is 41.4 Å². The first-order valence-electron chi connectivity index (χ1n) is 6.72. The zero-order chi connectivity index (χ0) is 14.8. The van der Waals surface area contributed by atoms with E-state index in [2.05, 4.69) is 11.4 Å². The minimum atomic E-state index is 0.0333. The molecule has 2 aromatic carbocycles. The van der Waals surface area contributed by atoms with E-state index in [1.807, 2.05) is 23.1 Å². The van der Waals surface area contributed by atoms with Gasteiger partial charge in [0.05, 0.1) is 17.3 Å². The number of nitrogens with one attached hydrogen (secondary N) is 1. The molecule has 1 N–H and O–H groups in total. The fourth-order valence-corrected chi connectivity index (χ4v) is 2.97. The van der Waals surface area contributed by atoms with Gasteiger partial charge in [-0.05, 0) is 36.2 Å². The molecule has 0 aliphatic carbocycles. The molecule has 0 radical (unpaired) electrons. The number of carbonyl (C=O) groups is 1. The molecule has 1 heterocycles. The second-order valence-electron chi connectivity index (χ2n) is 4.90. The minimum absolute atomic E-state index is 0.0333. The molecule has 108 valence electrons. The fraction of sp³-hybridized carbons (Fsp3) is 0.188. The Balaban J connectivity index is 1.68. The monoisotopic (exact) mass is 320 g/mol. The number of hydrogen-bond acceptors (Lipinski definition) is 2. The number of carbonyl (C=O) groups excluding carboxylic acids is 1. The van der Waals surface area contributed by atoms with Crippen LogP contribution in [0.4, 0.5) is 11.4 Å². The summed E-state index contributed by atoms with van der Waals surface area (Å²) in [5, 5.41) is 4.15. The van der Waals surface area contributed by atoms with Crippen LogP contribution in [0.2, 0.25) is 10.0 Å². The number of nitrogens with zero attached hydrogens (tertiary/aromatic N) is 1. The molecule has 0 bridgehead atoms. The summed E-state index contributed by atoms with van der Waals surface area (Å²) in [4.78, 5) is 14.2. The summed E-state index contributed by atoms with van der Waals surface area (Å²) in [5.41, 5.74) is 2.93. The van der Waals surface area contributed by atoms with E-state index in [-0.39, 0.29) is 12.5 Å². The topological polar surface area (TPSA) is 32.3 Å². The largest absolute Gasteiger partial charge is 0.375 e. The van der Waals surface area contributed by atoms with Crippen molar-refractivity contribution in [1.29, 1.82) is 0 Å². The Labute approximate surface area is 133 Å². The molecule has 0 unspecified atom stereocenters. The Morgan fingerprint density at radius 2 is 2.00 bits per heavy atom. The molecule has 1 aliphatic rings. The summed E-state index contributed by atoms with van der Waals surface area (Å²) in [7, 11) is 0. The maximum absolute atomic E-state index is 12.4. The lowest BCUT2D eigenvalue weighted by molar-refractivity contribution is -0.116. The first-order chi connectivity index (χ1) is 10.1. The van der Waals surface area contributed by atoms with Gasteiger partial charge in [-0.3, -0.25) is 4.79 Å². The second-order valence-corrected chi connectivity index (χ2v) is 5.75. The molecule has 1 amide bonds. The van der Waals surface area contributed by atoms with Crippen molar-refractivity contribution in [2.75, 3.05) is 23.3 Å². The van der Waals surface area contributed by atoms with E-state index >= 15 is 0 Å². The molecule has 1 aliphatic heterocycles. The van der Waals surface area contributed by atoms with Gasteiger partial charge in [0.2, 0.25) is 5.91 Å². The molecule has 0 aromatic heterocycles. The van der Waals surface area contributed by atoms with Crippen molar-refractivity contribution in [3.63, 3.8) is 0 Å². The molecule has 0 spiro atoms. The lowest BCUT2D eigenvalue weighted by Crippen LogP contribution is -2.34. The van der Waals surface area contributed by atoms with Crippen molar-refractivity contribution in [2.45, 2.75) is 6.42 Å². The van der Waals surface area contributed by atoms with Crippen molar-refractivity contribution in [3.8, 4) is 0 Å². The third-order valence-corrected chi connectivity index (χ3v) is 4.10. The standard InChI is InChI=1S/C16H14Cl2N2O/c17-12-5-6-14(13(18)9-12)19-10-16(21)20-8-7-11-3-1-2-4-15(11)20/h1-6,9,19H,7-8,10H2. The van der Waals surface area contributed by atoms with E-state index in [4.69, 9.17) is 23.2 Å². The number of halogens is 2. The molecule has 0 saturated heterocycles. The van der Waals surface area contributed by atoms with Crippen LogP contribution in [-0.4, -0.2) is 19.0 Å². The molecule has 5 heteroatoms. The normalized spacial score (nSPS) is 13.1. The summed E-state index contributed by atoms with van der Waals surface area (Å²) in [5.74, 6) is 0.0333. The molecule has 0 atom stereocenters. The first-order valence-corrected chi connectivity index (χ1v) is 7.48. The molecule has 21 heavy (non-hydrogen) atoms. The zero-order valence-corrected chi connectivity index (χ0v) is 12.8. The Bertz CT molecular complexity index is 688. The fourth-order valence-electron chi connectivity index (χ4n) is 2.50. The predicted molar refractivity (Wildman–Crippen MR) is 87.5 cm³/mol. The van der Waals surface area contributed by atoms with Crippen molar-refractivity contribution in [1.82, 2.24) is 0 Å². The van der Waals surface area contributed by atoms with Crippen LogP contribution >= 0.6 is 23.2 Å². The molecular formula is C16H14Cl2N2O. The van der Waals surface area contributed by atoms with Crippen LogP contribution in [0.5, 0.6) is 0 Å². The maximum Gasteiger partial charge on any atom is 0.246 e. The number of benzene rings is 2. The smallest absolute Gasteiger partial charge is 0.246 e. The quantitative estimate of drug-likeness (QED) is 0.927. The number of amides is 1. The summed E-state index contributed by atoms with van der Waals surface area (Å²) >= 11 is 11.9. The molecule has 0 fully saturated rings. The van der Waals surface area contributed by atoms with Crippen molar-refractivity contribution < 1.29 is 4.79 Å². The van der Waals surface area contributed by atoms with Crippen LogP contribution in [0.3, 0.4) is 0 Å². The Morgan fingerprint density at radius 3 is 2.81 bits per heavy atom. The highest BCUT2D eigenvalue weighted by Gasteiger charge is 2.23. The van der Waals surface area contributed by atoms with E-state index in [1.165, 1.54) is 5.56 Å². The summed E-state index contributed by atoms with van der Waals surface area (Å²) < 4.78 is 0. The highest BCUT2D eigenvalue weighted by molar-refractivity contribution is 6.36. The molecule has 3 rings (SSSR count). The highest BCUT2D eigenvalue weighted by atomic mass is 35.5. The number of anilines is 2. The number of fused-ring (bicyclic) bond motifs is 1. The van der Waals surface area contributed by atoms with E-state index in [9.17, 15) is 4.79 Å². The molecule has 0 saturated carbocycles. The highest BCUT2D eigenvalue weighted by Crippen LogP contribution is 2.28. The third-order valence-electron chi connectivity index (χ3n) is 3.55. The third kappa shape index (κ3) is 2.99. The summed E-state index contributed by atoms with van der Waals surface area (Å²) in [6, 6.07) is 13.2. The Morgan fingerprint density at radius 1 is 1.19 bits per heavy atom. The molecule has 2 aromatic rings. The average Bonchev–Trinajstić information content (AvgIpc) is 2.90. The minimum Gasteiger partial charge on any atom is -0.375 e. The summed E-state index contributed by atoms with van der Waals surface area (Å²) in [6.45, 7) is 0.934. The summed E-state index contributed by atoms with van der Waals surface area (Å²) in [6.07, 6.45) is 0.906. The van der Waals surface area contributed by atoms with Gasteiger partial charge in [0.1, 0.15) is 0 Å². The first kappa shape index (κ1) is 14.2. The van der Waals surface area contributed by atoms with Gasteiger partial charge in [0, 0.05) is 17.3 Å². The van der Waals surface area contributed by atoms with Crippen LogP contribution in [0, 0.1) is 0 Å². The van der Waals surface area contributed by atoms with Gasteiger partial charge in [0.15, 0.2) is 0 Å². The lowest BCUT2D eigenvalue weighted by atomic mass is 10.2. The van der Waals surface area contributed by atoms with Crippen LogP contribution in [0.25, 0.3) is 0 Å². The van der Waals surface area contributed by atoms with Gasteiger partial charge < -0.3 is 10.2 Å². The van der Waals surface area contributed by atoms with Crippen molar-refractivity contribution in [3.05, 3.63) is 58.1 Å². The zero-order valence-electron chi connectivity index (χ0n) is 11.3. The predicted octanol–water partition coefficient (Wildman–Crippen LogP) is 3.99. The SMILES string of the molecule is O=C(CNc1ccc(Cl)cc1Cl)N1CCc2ccccc21. The van der Waals surface area contributed by atoms with Crippen LogP contribution in [0.1, 0.15) is 5.56 Å². The lowest BCUT2D eigenvalue weighted by Gasteiger charge is -2.18. The number of para-hydroxylation sites is 1. The molecular weight excluding hydrogens is 307 g/mol. The Kier molecular flexibility index (Phi) is 4.04. The van der Waals surface area contributed by atoms with Gasteiger partial charge >= 0.3 is 0 Å². The van der Waals surface area contributed by atoms with Gasteiger partial charge in [0.25, 0.3) is 0 Å². The van der Waals surface area contributed by atoms with Gasteiger partial charge in [-0.2, -0.15) is 0 Å². The van der Waals surface area contributed by atoms with E-state index < -0.39 is 0 Å². The van der Waals surface area contributed by atoms with Gasteiger partial charge in [-0.25, -0.2) is 0 Å². The van der Waals surface area contributed by atoms with Crippen LogP contribution < -0.4 is 10.2 Å². The number of rotatable bonds is 3. The maximum atomic E-state index is 12.4. The van der Waals surface area contributed by atoms with Crippen molar-refractivity contribution in [2.24, 2.45) is 0 Å².